The Hall–Kier alpha value is -2.11. The summed E-state index contributed by atoms with van der Waals surface area (Å²) in [4.78, 5) is 4.66. The molecule has 4 rings (SSSR count). The first kappa shape index (κ1) is 18.3. The SMILES string of the molecule is CCc1ccc(-c2nc(SC[C@H]3OCCC[C@@H]3c3ccccc3)n[nH]2)cc1. The molecular formula is C22H25N3OS. The molecule has 1 aromatic heterocycles. The number of aromatic nitrogens is 3. The lowest BCUT2D eigenvalue weighted by molar-refractivity contribution is 0.0146. The zero-order valence-electron chi connectivity index (χ0n) is 15.6. The van der Waals surface area contributed by atoms with Crippen molar-refractivity contribution in [3.05, 3.63) is 65.7 Å². The summed E-state index contributed by atoms with van der Waals surface area (Å²) < 4.78 is 6.10. The Labute approximate surface area is 164 Å². The van der Waals surface area contributed by atoms with E-state index >= 15 is 0 Å². The van der Waals surface area contributed by atoms with E-state index in [0.29, 0.717) is 5.92 Å². The minimum Gasteiger partial charge on any atom is -0.377 e. The van der Waals surface area contributed by atoms with E-state index in [9.17, 15) is 0 Å². The van der Waals surface area contributed by atoms with Crippen molar-refractivity contribution in [2.75, 3.05) is 12.4 Å². The van der Waals surface area contributed by atoms with Crippen LogP contribution >= 0.6 is 11.8 Å². The van der Waals surface area contributed by atoms with Gasteiger partial charge in [0, 0.05) is 23.8 Å². The van der Waals surface area contributed by atoms with Crippen LogP contribution in [0.25, 0.3) is 11.4 Å². The van der Waals surface area contributed by atoms with E-state index in [1.807, 2.05) is 0 Å². The second kappa shape index (κ2) is 8.72. The van der Waals surface area contributed by atoms with Crippen molar-refractivity contribution in [2.45, 2.75) is 43.4 Å². The van der Waals surface area contributed by atoms with Gasteiger partial charge in [0.05, 0.1) is 6.10 Å². The van der Waals surface area contributed by atoms with Crippen LogP contribution in [0.5, 0.6) is 0 Å². The van der Waals surface area contributed by atoms with E-state index in [-0.39, 0.29) is 6.10 Å². The highest BCUT2D eigenvalue weighted by molar-refractivity contribution is 7.99. The lowest BCUT2D eigenvalue weighted by atomic mass is 9.88. The second-order valence-corrected chi connectivity index (χ2v) is 7.88. The van der Waals surface area contributed by atoms with Gasteiger partial charge >= 0.3 is 0 Å². The summed E-state index contributed by atoms with van der Waals surface area (Å²) in [5, 5.41) is 8.24. The highest BCUT2D eigenvalue weighted by atomic mass is 32.2. The van der Waals surface area contributed by atoms with E-state index in [4.69, 9.17) is 4.74 Å². The molecule has 1 aliphatic heterocycles. The molecule has 2 atom stereocenters. The first-order valence-corrected chi connectivity index (χ1v) is 10.6. The van der Waals surface area contributed by atoms with Gasteiger partial charge in [-0.15, -0.1) is 5.10 Å². The first-order chi connectivity index (χ1) is 13.3. The minimum atomic E-state index is 0.205. The van der Waals surface area contributed by atoms with Crippen LogP contribution in [0.2, 0.25) is 0 Å². The van der Waals surface area contributed by atoms with Crippen molar-refractivity contribution in [3.8, 4) is 11.4 Å². The average Bonchev–Trinajstić information content (AvgIpc) is 3.22. The molecule has 0 amide bonds. The van der Waals surface area contributed by atoms with Crippen LogP contribution in [0, 0.1) is 0 Å². The molecule has 3 aromatic rings. The quantitative estimate of drug-likeness (QED) is 0.606. The van der Waals surface area contributed by atoms with Gasteiger partial charge in [-0.2, -0.15) is 0 Å². The van der Waals surface area contributed by atoms with Gasteiger partial charge in [0.2, 0.25) is 5.16 Å². The third-order valence-corrected chi connectivity index (χ3v) is 6.08. The monoisotopic (exact) mass is 379 g/mol. The maximum Gasteiger partial charge on any atom is 0.208 e. The zero-order chi connectivity index (χ0) is 18.5. The smallest absolute Gasteiger partial charge is 0.208 e. The van der Waals surface area contributed by atoms with Crippen molar-refractivity contribution in [2.24, 2.45) is 0 Å². The number of hydrogen-bond acceptors (Lipinski definition) is 4. The normalized spacial score (nSPS) is 19.9. The molecular weight excluding hydrogens is 354 g/mol. The first-order valence-electron chi connectivity index (χ1n) is 9.64. The Kier molecular flexibility index (Phi) is 5.90. The molecule has 4 nitrogen and oxygen atoms in total. The molecule has 1 fully saturated rings. The fourth-order valence-electron chi connectivity index (χ4n) is 3.58. The van der Waals surface area contributed by atoms with Crippen molar-refractivity contribution >= 4 is 11.8 Å². The molecule has 0 radical (unpaired) electrons. The molecule has 1 N–H and O–H groups in total. The highest BCUT2D eigenvalue weighted by Gasteiger charge is 2.27. The van der Waals surface area contributed by atoms with Crippen LogP contribution in [-0.2, 0) is 11.2 Å². The van der Waals surface area contributed by atoms with Gasteiger partial charge in [-0.3, -0.25) is 5.10 Å². The third kappa shape index (κ3) is 4.42. The van der Waals surface area contributed by atoms with Gasteiger partial charge in [0.25, 0.3) is 0 Å². The molecule has 1 aliphatic rings. The minimum absolute atomic E-state index is 0.205. The maximum absolute atomic E-state index is 6.10. The van der Waals surface area contributed by atoms with E-state index in [1.165, 1.54) is 17.5 Å². The number of benzene rings is 2. The number of thioether (sulfide) groups is 1. The Balaban J connectivity index is 1.41. The van der Waals surface area contributed by atoms with Crippen molar-refractivity contribution < 1.29 is 4.74 Å². The standard InChI is InChI=1S/C22H25N3OS/c1-2-16-10-12-18(13-11-16)21-23-22(25-24-21)27-15-20-19(9-6-14-26-20)17-7-4-3-5-8-17/h3-5,7-8,10-13,19-20H,2,6,9,14-15H2,1H3,(H,23,24,25)/t19-,20-/m1/s1. The average molecular weight is 380 g/mol. The number of H-pyrrole nitrogens is 1. The van der Waals surface area contributed by atoms with Gasteiger partial charge in [-0.1, -0.05) is 73.3 Å². The fourth-order valence-corrected chi connectivity index (χ4v) is 4.49. The summed E-state index contributed by atoms with van der Waals surface area (Å²) in [5.74, 6) is 2.14. The number of rotatable bonds is 6. The third-order valence-electron chi connectivity index (χ3n) is 5.15. The Morgan fingerprint density at radius 2 is 1.93 bits per heavy atom. The van der Waals surface area contributed by atoms with Crippen LogP contribution in [0.3, 0.4) is 0 Å². The van der Waals surface area contributed by atoms with Gasteiger partial charge < -0.3 is 4.74 Å². The fraction of sp³-hybridized carbons (Fsp3) is 0.364. The predicted octanol–water partition coefficient (Wildman–Crippen LogP) is 5.09. The molecule has 5 heteroatoms. The summed E-state index contributed by atoms with van der Waals surface area (Å²) in [7, 11) is 0. The molecule has 1 saturated heterocycles. The number of aryl methyl sites for hydroxylation is 1. The van der Waals surface area contributed by atoms with Gasteiger partial charge in [-0.25, -0.2) is 4.98 Å². The number of nitrogens with zero attached hydrogens (tertiary/aromatic N) is 2. The lowest BCUT2D eigenvalue weighted by Crippen LogP contribution is -2.30. The predicted molar refractivity (Wildman–Crippen MR) is 110 cm³/mol. The maximum atomic E-state index is 6.10. The van der Waals surface area contributed by atoms with Crippen molar-refractivity contribution in [1.82, 2.24) is 15.2 Å². The van der Waals surface area contributed by atoms with E-state index < -0.39 is 0 Å². The van der Waals surface area contributed by atoms with Crippen LogP contribution in [0.15, 0.2) is 59.8 Å². The zero-order valence-corrected chi connectivity index (χ0v) is 16.4. The Bertz CT molecular complexity index is 848. The summed E-state index contributed by atoms with van der Waals surface area (Å²) in [6.45, 7) is 3.01. The van der Waals surface area contributed by atoms with Gasteiger partial charge in [-0.05, 0) is 30.4 Å². The molecule has 2 heterocycles. The Morgan fingerprint density at radius 1 is 1.11 bits per heavy atom. The number of nitrogens with one attached hydrogen (secondary N) is 1. The number of aromatic amines is 1. The van der Waals surface area contributed by atoms with Crippen molar-refractivity contribution in [3.63, 3.8) is 0 Å². The number of hydrogen-bond donors (Lipinski definition) is 1. The second-order valence-electron chi connectivity index (χ2n) is 6.90. The van der Waals surface area contributed by atoms with Crippen molar-refractivity contribution in [1.29, 1.82) is 0 Å². The summed E-state index contributed by atoms with van der Waals surface area (Å²) in [6, 6.07) is 19.2. The highest BCUT2D eigenvalue weighted by Crippen LogP contribution is 2.33. The molecule has 27 heavy (non-hydrogen) atoms. The van der Waals surface area contributed by atoms with Gasteiger partial charge in [0.1, 0.15) is 0 Å². The molecule has 0 spiro atoms. The Morgan fingerprint density at radius 3 is 2.70 bits per heavy atom. The lowest BCUT2D eigenvalue weighted by Gasteiger charge is -2.31. The molecule has 0 saturated carbocycles. The van der Waals surface area contributed by atoms with Crippen LogP contribution in [0.1, 0.15) is 36.8 Å². The molecule has 2 aromatic carbocycles. The van der Waals surface area contributed by atoms with E-state index in [2.05, 4.69) is 76.7 Å². The van der Waals surface area contributed by atoms with Gasteiger partial charge in [0.15, 0.2) is 5.82 Å². The van der Waals surface area contributed by atoms with Crippen LogP contribution in [0.4, 0.5) is 0 Å². The van der Waals surface area contributed by atoms with Crippen LogP contribution in [-0.4, -0.2) is 33.6 Å². The van der Waals surface area contributed by atoms with E-state index in [0.717, 1.165) is 41.7 Å². The summed E-state index contributed by atoms with van der Waals surface area (Å²) >= 11 is 1.67. The molecule has 0 unspecified atom stereocenters. The largest absolute Gasteiger partial charge is 0.377 e. The topological polar surface area (TPSA) is 50.8 Å². The molecule has 140 valence electrons. The van der Waals surface area contributed by atoms with Crippen LogP contribution < -0.4 is 0 Å². The van der Waals surface area contributed by atoms with E-state index in [1.54, 1.807) is 11.8 Å². The molecule has 0 bridgehead atoms. The molecule has 0 aliphatic carbocycles. The summed E-state index contributed by atoms with van der Waals surface area (Å²) in [5.41, 5.74) is 3.77. The summed E-state index contributed by atoms with van der Waals surface area (Å²) in [6.07, 6.45) is 3.55. The number of ether oxygens (including phenoxy) is 1.